The molecule has 0 radical (unpaired) electrons. The van der Waals surface area contributed by atoms with E-state index < -0.39 is 0 Å². The van der Waals surface area contributed by atoms with Gasteiger partial charge in [-0.05, 0) is 47.9 Å². The van der Waals surface area contributed by atoms with E-state index in [4.69, 9.17) is 14.7 Å². The SMILES string of the molecule is CC.CC.CCCC1CC(=O)N(Cc2c(-c3ccccc3)cnc3c2ncn3Cc2ccc(OC)cc2)C1.CCCC1CNC(=O)C1. The fraction of sp³-hybridized carbons (Fsp3) is 0.487. The maximum Gasteiger partial charge on any atom is 0.223 e. The fourth-order valence-electron chi connectivity index (χ4n) is 6.20. The van der Waals surface area contributed by atoms with Crippen LogP contribution in [0.3, 0.4) is 0 Å². The number of hydrogen-bond acceptors (Lipinski definition) is 5. The summed E-state index contributed by atoms with van der Waals surface area (Å²) in [6, 6.07) is 18.3. The Kier molecular flexibility index (Phi) is 15.4. The molecule has 2 amide bonds. The Hall–Kier alpha value is -4.20. The minimum absolute atomic E-state index is 0.230. The van der Waals surface area contributed by atoms with Crippen LogP contribution >= 0.6 is 0 Å². The van der Waals surface area contributed by atoms with Gasteiger partial charge in [-0.3, -0.25) is 9.59 Å². The van der Waals surface area contributed by atoms with E-state index in [0.29, 0.717) is 31.3 Å². The minimum Gasteiger partial charge on any atom is -0.497 e. The highest BCUT2D eigenvalue weighted by atomic mass is 16.5. The number of fused-ring (bicyclic) bond motifs is 1. The first-order valence-electron chi connectivity index (χ1n) is 17.5. The Morgan fingerprint density at radius 3 is 2.15 bits per heavy atom. The van der Waals surface area contributed by atoms with Gasteiger partial charge in [0.05, 0.1) is 20.0 Å². The van der Waals surface area contributed by atoms with Crippen LogP contribution in [0.2, 0.25) is 0 Å². The van der Waals surface area contributed by atoms with Crippen molar-refractivity contribution in [3.05, 3.63) is 78.2 Å². The summed E-state index contributed by atoms with van der Waals surface area (Å²) < 4.78 is 7.35. The Bertz CT molecular complexity index is 1520. The van der Waals surface area contributed by atoms with Crippen molar-refractivity contribution in [3.63, 3.8) is 0 Å². The number of nitrogens with one attached hydrogen (secondary N) is 1. The van der Waals surface area contributed by atoms with Crippen LogP contribution in [0.15, 0.2) is 67.1 Å². The van der Waals surface area contributed by atoms with Crippen molar-refractivity contribution in [2.45, 2.75) is 93.2 Å². The van der Waals surface area contributed by atoms with Gasteiger partial charge in [0.1, 0.15) is 11.3 Å². The topological polar surface area (TPSA) is 89.3 Å². The molecule has 8 heteroatoms. The lowest BCUT2D eigenvalue weighted by Crippen LogP contribution is -2.25. The van der Waals surface area contributed by atoms with E-state index in [9.17, 15) is 9.59 Å². The molecule has 2 unspecified atom stereocenters. The van der Waals surface area contributed by atoms with Gasteiger partial charge in [0.15, 0.2) is 5.65 Å². The van der Waals surface area contributed by atoms with Gasteiger partial charge in [-0.1, -0.05) is 96.8 Å². The average molecular weight is 642 g/mol. The van der Waals surface area contributed by atoms with Crippen molar-refractivity contribution in [2.75, 3.05) is 20.2 Å². The van der Waals surface area contributed by atoms with Crippen LogP contribution in [0.25, 0.3) is 22.3 Å². The van der Waals surface area contributed by atoms with Gasteiger partial charge in [-0.25, -0.2) is 9.97 Å². The van der Waals surface area contributed by atoms with Crippen LogP contribution in [0.1, 0.15) is 91.2 Å². The lowest BCUT2D eigenvalue weighted by molar-refractivity contribution is -0.128. The molecule has 4 heterocycles. The van der Waals surface area contributed by atoms with E-state index in [1.165, 1.54) is 12.8 Å². The third kappa shape index (κ3) is 10.1. The number of benzene rings is 2. The van der Waals surface area contributed by atoms with Crippen LogP contribution in [0, 0.1) is 11.8 Å². The number of rotatable bonds is 10. The molecule has 0 spiro atoms. The predicted molar refractivity (Wildman–Crippen MR) is 192 cm³/mol. The molecule has 0 aliphatic carbocycles. The van der Waals surface area contributed by atoms with Crippen molar-refractivity contribution in [2.24, 2.45) is 11.8 Å². The quantitative estimate of drug-likeness (QED) is 0.188. The largest absolute Gasteiger partial charge is 0.497 e. The summed E-state index contributed by atoms with van der Waals surface area (Å²) in [5, 5.41) is 2.82. The van der Waals surface area contributed by atoms with Crippen LogP contribution in [-0.4, -0.2) is 51.4 Å². The Morgan fingerprint density at radius 2 is 1.53 bits per heavy atom. The summed E-state index contributed by atoms with van der Waals surface area (Å²) in [6.07, 6.45) is 9.78. The first kappa shape index (κ1) is 37.3. The number of ether oxygens (including phenoxy) is 1. The van der Waals surface area contributed by atoms with Crippen LogP contribution in [0.5, 0.6) is 5.75 Å². The Labute approximate surface area is 282 Å². The number of amides is 2. The zero-order chi connectivity index (χ0) is 34.2. The molecule has 254 valence electrons. The van der Waals surface area contributed by atoms with E-state index in [2.05, 4.69) is 48.0 Å². The summed E-state index contributed by atoms with van der Waals surface area (Å²) in [5.41, 5.74) is 6.04. The van der Waals surface area contributed by atoms with Crippen molar-refractivity contribution in [1.29, 1.82) is 0 Å². The zero-order valence-electron chi connectivity index (χ0n) is 29.6. The molecule has 6 rings (SSSR count). The van der Waals surface area contributed by atoms with Gasteiger partial charge in [0, 0.05) is 49.8 Å². The highest BCUT2D eigenvalue weighted by Gasteiger charge is 2.30. The van der Waals surface area contributed by atoms with Crippen LogP contribution in [-0.2, 0) is 22.7 Å². The van der Waals surface area contributed by atoms with E-state index in [0.717, 1.165) is 71.5 Å². The maximum atomic E-state index is 12.8. The van der Waals surface area contributed by atoms with E-state index >= 15 is 0 Å². The second kappa shape index (κ2) is 19.5. The molecule has 2 aromatic heterocycles. The van der Waals surface area contributed by atoms with E-state index in [-0.39, 0.29) is 11.8 Å². The normalized spacial score (nSPS) is 16.8. The van der Waals surface area contributed by atoms with Gasteiger partial charge >= 0.3 is 0 Å². The lowest BCUT2D eigenvalue weighted by atomic mass is 10.0. The molecule has 4 aromatic rings. The maximum absolute atomic E-state index is 12.8. The third-order valence-electron chi connectivity index (χ3n) is 8.43. The minimum atomic E-state index is 0.230. The van der Waals surface area contributed by atoms with Gasteiger partial charge in [-0.2, -0.15) is 0 Å². The fourth-order valence-corrected chi connectivity index (χ4v) is 6.20. The number of imidazole rings is 1. The summed E-state index contributed by atoms with van der Waals surface area (Å²) >= 11 is 0. The summed E-state index contributed by atoms with van der Waals surface area (Å²) in [4.78, 5) is 35.1. The van der Waals surface area contributed by atoms with Gasteiger partial charge in [0.25, 0.3) is 0 Å². The van der Waals surface area contributed by atoms with Crippen LogP contribution < -0.4 is 10.1 Å². The number of pyridine rings is 1. The van der Waals surface area contributed by atoms with E-state index in [1.807, 2.05) is 75.5 Å². The van der Waals surface area contributed by atoms with Crippen molar-refractivity contribution in [1.82, 2.24) is 24.8 Å². The molecule has 2 aliphatic rings. The smallest absolute Gasteiger partial charge is 0.223 e. The number of methoxy groups -OCH3 is 1. The average Bonchev–Trinajstić information content (AvgIpc) is 3.82. The molecular formula is C39H55N5O3. The lowest BCUT2D eigenvalue weighted by Gasteiger charge is -2.19. The molecule has 8 nitrogen and oxygen atoms in total. The molecule has 0 saturated carbocycles. The van der Waals surface area contributed by atoms with Gasteiger partial charge in [0.2, 0.25) is 11.8 Å². The van der Waals surface area contributed by atoms with Crippen LogP contribution in [0.4, 0.5) is 0 Å². The number of likely N-dealkylation sites (tertiary alicyclic amines) is 1. The molecule has 47 heavy (non-hydrogen) atoms. The van der Waals surface area contributed by atoms with Gasteiger partial charge in [-0.15, -0.1) is 0 Å². The summed E-state index contributed by atoms with van der Waals surface area (Å²) in [6.45, 7) is 15.3. The third-order valence-corrected chi connectivity index (χ3v) is 8.43. The van der Waals surface area contributed by atoms with Crippen molar-refractivity contribution in [3.8, 4) is 16.9 Å². The summed E-state index contributed by atoms with van der Waals surface area (Å²) in [5.74, 6) is 2.38. The first-order valence-corrected chi connectivity index (χ1v) is 17.5. The highest BCUT2D eigenvalue weighted by molar-refractivity contribution is 5.85. The monoisotopic (exact) mass is 641 g/mol. The molecule has 2 fully saturated rings. The molecule has 2 aliphatic heterocycles. The Balaban J connectivity index is 0.000000393. The zero-order valence-corrected chi connectivity index (χ0v) is 29.6. The molecular weight excluding hydrogens is 586 g/mol. The number of nitrogens with zero attached hydrogens (tertiary/aromatic N) is 4. The highest BCUT2D eigenvalue weighted by Crippen LogP contribution is 2.32. The van der Waals surface area contributed by atoms with E-state index in [1.54, 1.807) is 7.11 Å². The second-order valence-corrected chi connectivity index (χ2v) is 11.7. The standard InChI is InChI=1S/C28H30N4O2.C7H13NO.2C2H6/c1-3-7-21-14-26(33)31(17-21)18-25-24(22-8-5-4-6-9-22)15-29-28-27(25)30-19-32(28)16-20-10-12-23(34-2)13-11-20;1-2-3-6-4-7(9)8-5-6;2*1-2/h4-6,8-13,15,19,21H,3,7,14,16-18H2,1-2H3;6H,2-5H2,1H3,(H,8,9);2*1-2H3. The first-order chi connectivity index (χ1) is 23.0. The molecule has 2 saturated heterocycles. The number of carbonyl (C=O) groups is 2. The van der Waals surface area contributed by atoms with Crippen molar-refractivity contribution >= 4 is 23.0 Å². The summed E-state index contributed by atoms with van der Waals surface area (Å²) in [7, 11) is 1.67. The number of carbonyl (C=O) groups excluding carboxylic acids is 2. The predicted octanol–water partition coefficient (Wildman–Crippen LogP) is 8.28. The van der Waals surface area contributed by atoms with Crippen molar-refractivity contribution < 1.29 is 14.3 Å². The number of aromatic nitrogens is 3. The van der Waals surface area contributed by atoms with Gasteiger partial charge < -0.3 is 19.5 Å². The molecule has 2 aromatic carbocycles. The Morgan fingerprint density at radius 1 is 0.851 bits per heavy atom. The number of hydrogen-bond donors (Lipinski definition) is 1. The molecule has 2 atom stereocenters. The molecule has 0 bridgehead atoms. The second-order valence-electron chi connectivity index (χ2n) is 11.7. The molecule has 1 N–H and O–H groups in total.